The molecule has 318 valence electrons. The van der Waals surface area contributed by atoms with Gasteiger partial charge in [-0.05, 0) is 96.6 Å². The lowest BCUT2D eigenvalue weighted by Gasteiger charge is -2.25. The summed E-state index contributed by atoms with van der Waals surface area (Å²) in [6, 6.07) is 25.0. The Labute approximate surface area is 371 Å². The lowest BCUT2D eigenvalue weighted by molar-refractivity contribution is -0.127. The molecule has 9 rings (SSSR count). The number of nitrogens with zero attached hydrogens (tertiary/aromatic N) is 5. The molecule has 0 unspecified atom stereocenters. The summed E-state index contributed by atoms with van der Waals surface area (Å²) in [6.45, 7) is -0.274. The highest BCUT2D eigenvalue weighted by Gasteiger charge is 2.49. The van der Waals surface area contributed by atoms with E-state index in [-0.39, 0.29) is 70.4 Å². The van der Waals surface area contributed by atoms with E-state index in [1.807, 2.05) is 6.07 Å². The number of aromatic hydroxyl groups is 2. The second-order valence-electron chi connectivity index (χ2n) is 14.6. The summed E-state index contributed by atoms with van der Waals surface area (Å²) in [6.07, 6.45) is 6.21. The minimum absolute atomic E-state index is 0.0118. The van der Waals surface area contributed by atoms with Gasteiger partial charge in [-0.15, -0.1) is 0 Å². The number of fused-ring (bicyclic) bond motifs is 1. The van der Waals surface area contributed by atoms with Gasteiger partial charge in [0.05, 0.1) is 30.5 Å². The topological polar surface area (TPSA) is 168 Å². The summed E-state index contributed by atoms with van der Waals surface area (Å²) < 4.78 is 49.9. The third kappa shape index (κ3) is 8.61. The van der Waals surface area contributed by atoms with Crippen molar-refractivity contribution in [3.8, 4) is 74.1 Å². The number of carbonyl (C=O) groups excluding carboxylic acids is 3. The summed E-state index contributed by atoms with van der Waals surface area (Å²) in [7, 11) is 1.29. The molecule has 64 heavy (non-hydrogen) atoms. The van der Waals surface area contributed by atoms with Gasteiger partial charge in [-0.2, -0.15) is 0 Å². The number of hydrogen-bond acceptors (Lipinski definition) is 10. The Balaban J connectivity index is 0.000000223. The predicted molar refractivity (Wildman–Crippen MR) is 232 cm³/mol. The third-order valence-corrected chi connectivity index (χ3v) is 10.9. The van der Waals surface area contributed by atoms with Crippen molar-refractivity contribution in [3.63, 3.8) is 0 Å². The van der Waals surface area contributed by atoms with E-state index in [1.54, 1.807) is 73.3 Å². The van der Waals surface area contributed by atoms with Crippen LogP contribution in [0.3, 0.4) is 0 Å². The van der Waals surface area contributed by atoms with E-state index in [9.17, 15) is 33.4 Å². The largest absolute Gasteiger partial charge is 0.506 e. The minimum Gasteiger partial charge on any atom is -0.506 e. The number of nitrogens with one attached hydrogen (secondary N) is 1. The zero-order valence-corrected chi connectivity index (χ0v) is 35.0. The van der Waals surface area contributed by atoms with Crippen molar-refractivity contribution in [2.75, 3.05) is 13.7 Å². The number of pyridine rings is 4. The summed E-state index contributed by atoms with van der Waals surface area (Å²) in [5.74, 6) is 1.26. The fourth-order valence-electron chi connectivity index (χ4n) is 7.23. The van der Waals surface area contributed by atoms with Crippen LogP contribution in [0.25, 0.3) is 45.0 Å². The van der Waals surface area contributed by atoms with Crippen molar-refractivity contribution < 1.29 is 42.5 Å². The number of hydrogen-bond donors (Lipinski definition) is 3. The molecule has 3 N–H and O–H groups in total. The molecule has 3 amide bonds. The van der Waals surface area contributed by atoms with Crippen molar-refractivity contribution >= 4 is 33.7 Å². The number of aromatic nitrogens is 4. The Morgan fingerprint density at radius 1 is 0.797 bits per heavy atom. The zero-order valence-electron chi connectivity index (χ0n) is 33.4. The Morgan fingerprint density at radius 3 is 1.94 bits per heavy atom. The molecule has 0 saturated carbocycles. The third-order valence-electron chi connectivity index (χ3n) is 10.4. The highest BCUT2D eigenvalue weighted by Crippen LogP contribution is 2.37. The van der Waals surface area contributed by atoms with E-state index in [2.05, 4.69) is 53.0 Å². The number of benzene rings is 3. The summed E-state index contributed by atoms with van der Waals surface area (Å²) >= 11 is 3.21. The molecule has 0 radical (unpaired) electrons. The van der Waals surface area contributed by atoms with Crippen LogP contribution < -0.4 is 10.1 Å². The van der Waals surface area contributed by atoms with Gasteiger partial charge >= 0.3 is 0 Å². The van der Waals surface area contributed by atoms with Crippen molar-refractivity contribution in [1.29, 1.82) is 0 Å². The second-order valence-corrected chi connectivity index (χ2v) is 15.5. The zero-order chi connectivity index (χ0) is 45.1. The van der Waals surface area contributed by atoms with Gasteiger partial charge < -0.3 is 19.8 Å². The quantitative estimate of drug-likeness (QED) is 0.105. The maximum absolute atomic E-state index is 15.4. The van der Waals surface area contributed by atoms with Crippen LogP contribution in [0.2, 0.25) is 0 Å². The highest BCUT2D eigenvalue weighted by molar-refractivity contribution is 9.10. The summed E-state index contributed by atoms with van der Waals surface area (Å²) in [5.41, 5.74) is 1.90. The molecule has 3 aromatic carbocycles. The minimum atomic E-state index is -1.64. The predicted octanol–water partition coefficient (Wildman–Crippen LogP) is 8.26. The fraction of sp³-hybridized carbons (Fsp3) is 0.104. The van der Waals surface area contributed by atoms with Gasteiger partial charge in [-0.25, -0.2) is 23.1 Å². The van der Waals surface area contributed by atoms with Gasteiger partial charge in [0, 0.05) is 70.2 Å². The van der Waals surface area contributed by atoms with E-state index in [0.717, 1.165) is 11.6 Å². The molecule has 12 nitrogen and oxygen atoms in total. The van der Waals surface area contributed by atoms with Crippen molar-refractivity contribution in [1.82, 2.24) is 30.2 Å². The molecule has 0 bridgehead atoms. The lowest BCUT2D eigenvalue weighted by atomic mass is 9.85. The first-order valence-corrected chi connectivity index (χ1v) is 20.1. The van der Waals surface area contributed by atoms with Crippen LogP contribution in [0, 0.1) is 34.7 Å². The van der Waals surface area contributed by atoms with E-state index in [1.165, 1.54) is 48.4 Å². The molecule has 7 aromatic rings. The molecule has 1 saturated heterocycles. The van der Waals surface area contributed by atoms with Gasteiger partial charge in [-0.1, -0.05) is 33.8 Å². The average Bonchev–Trinajstić information content (AvgIpc) is 3.77. The molecule has 16 heteroatoms. The smallest absolute Gasteiger partial charge is 0.257 e. The first-order valence-electron chi connectivity index (χ1n) is 19.3. The monoisotopic (exact) mass is 924 g/mol. The standard InChI is InChI=1S/C32H22F2N4O5.C16H10BrFN2O/c1-43-25-9-5-20-16-38(30(41)27(20)28(25)34)17-32(14-26(40)37-31(32)42)11-10-18-4-6-21(22(33)13-18)29-24(39)8-7-23(36-29)19-3-2-12-35-15-19;17-11-3-4-12(13(18)8-11)16-15(21)6-5-14(20-16)10-2-1-7-19-9-10/h2-9,12-13,15,39H,14,16-17H2,1H3,(H,37,40,42);1-9,21H/t32-;/m1./s1. The van der Waals surface area contributed by atoms with Gasteiger partial charge in [0.2, 0.25) is 11.8 Å². The van der Waals surface area contributed by atoms with Crippen LogP contribution in [-0.2, 0) is 16.1 Å². The van der Waals surface area contributed by atoms with E-state index >= 15 is 4.39 Å². The van der Waals surface area contributed by atoms with Crippen LogP contribution >= 0.6 is 15.9 Å². The molecule has 6 heterocycles. The highest BCUT2D eigenvalue weighted by atomic mass is 79.9. The molecule has 2 aliphatic rings. The Bertz CT molecular complexity index is 3060. The second kappa shape index (κ2) is 17.8. The average molecular weight is 926 g/mol. The SMILES string of the molecule is COc1ccc2c(c1F)C(=O)N(C[C@@]1(C#Cc3ccc(-c4nc(-c5cccnc5)ccc4O)c(F)c3)CC(=O)NC1=O)C2.Oc1ccc(-c2cccnc2)nc1-c1ccc(Br)cc1F. The van der Waals surface area contributed by atoms with Crippen molar-refractivity contribution in [3.05, 3.63) is 160 Å². The van der Waals surface area contributed by atoms with Crippen molar-refractivity contribution in [2.45, 2.75) is 13.0 Å². The van der Waals surface area contributed by atoms with Crippen LogP contribution in [0.15, 0.2) is 126 Å². The molecular formula is C48H32BrF3N6O6. The van der Waals surface area contributed by atoms with Gasteiger partial charge in [-0.3, -0.25) is 29.7 Å². The van der Waals surface area contributed by atoms with Gasteiger partial charge in [0.25, 0.3) is 5.91 Å². The van der Waals surface area contributed by atoms with Crippen LogP contribution in [0.5, 0.6) is 17.2 Å². The molecule has 1 atom stereocenters. The normalized spacial score (nSPS) is 15.1. The Morgan fingerprint density at radius 2 is 1.41 bits per heavy atom. The molecule has 1 fully saturated rings. The molecular weight excluding hydrogens is 893 g/mol. The molecule has 0 aliphatic carbocycles. The van der Waals surface area contributed by atoms with Gasteiger partial charge in [0.15, 0.2) is 11.6 Å². The fourth-order valence-corrected chi connectivity index (χ4v) is 7.56. The van der Waals surface area contributed by atoms with Gasteiger partial charge in [0.1, 0.15) is 39.9 Å². The number of ether oxygens (including phenoxy) is 1. The Hall–Kier alpha value is -7.90. The van der Waals surface area contributed by atoms with Crippen LogP contribution in [-0.4, -0.2) is 66.4 Å². The molecule has 4 aromatic heterocycles. The maximum atomic E-state index is 15.4. The number of carbonyl (C=O) groups is 3. The number of amides is 3. The first kappa shape index (κ1) is 42.8. The Kier molecular flexibility index (Phi) is 11.9. The molecule has 2 aliphatic heterocycles. The number of rotatable bonds is 7. The van der Waals surface area contributed by atoms with Crippen LogP contribution in [0.4, 0.5) is 13.2 Å². The van der Waals surface area contributed by atoms with Crippen LogP contribution in [0.1, 0.15) is 27.9 Å². The molecule has 0 spiro atoms. The van der Waals surface area contributed by atoms with Crippen molar-refractivity contribution in [2.24, 2.45) is 5.41 Å². The lowest BCUT2D eigenvalue weighted by Crippen LogP contribution is -2.42. The number of halogens is 4. The first-order chi connectivity index (χ1) is 30.8. The maximum Gasteiger partial charge on any atom is 0.257 e. The van der Waals surface area contributed by atoms with E-state index in [0.29, 0.717) is 27.0 Å². The summed E-state index contributed by atoms with van der Waals surface area (Å²) in [5, 5.41) is 22.6. The summed E-state index contributed by atoms with van der Waals surface area (Å²) in [4.78, 5) is 56.4. The van der Waals surface area contributed by atoms with E-state index in [4.69, 9.17) is 4.74 Å². The number of methoxy groups -OCH3 is 1. The van der Waals surface area contributed by atoms with E-state index < -0.39 is 40.6 Å². The number of imide groups is 1.